The smallest absolute Gasteiger partial charge is 0.269 e. The van der Waals surface area contributed by atoms with Gasteiger partial charge in [-0.1, -0.05) is 5.16 Å². The van der Waals surface area contributed by atoms with Crippen LogP contribution in [-0.4, -0.2) is 40.8 Å². The van der Waals surface area contributed by atoms with Gasteiger partial charge in [0.25, 0.3) is 11.8 Å². The number of halogens is 1. The van der Waals surface area contributed by atoms with Crippen LogP contribution in [0.5, 0.6) is 0 Å². The fourth-order valence-corrected chi connectivity index (χ4v) is 3.12. The molecule has 0 saturated heterocycles. The van der Waals surface area contributed by atoms with E-state index in [2.05, 4.69) is 35.9 Å². The molecule has 0 fully saturated rings. The third-order valence-electron chi connectivity index (χ3n) is 4.63. The standard InChI is InChI=1S/C20H15FN8O2/c1-11-23-20(31-28-11)14-3-2-8-29-17(26-27-18(14)29)10-22-19(30)16-9-15(24-25-16)12-4-6-13(21)7-5-12/h2-9H,10H2,1H3,(H,22,30)(H,24,25). The van der Waals surface area contributed by atoms with E-state index in [1.807, 2.05) is 0 Å². The number of amides is 1. The highest BCUT2D eigenvalue weighted by Gasteiger charge is 2.16. The molecule has 0 aliphatic rings. The molecule has 10 nitrogen and oxygen atoms in total. The van der Waals surface area contributed by atoms with E-state index < -0.39 is 0 Å². The molecule has 0 atom stereocenters. The number of fused-ring (bicyclic) bond motifs is 1. The van der Waals surface area contributed by atoms with Crippen molar-refractivity contribution in [3.8, 4) is 22.7 Å². The normalized spacial score (nSPS) is 11.2. The Labute approximate surface area is 174 Å². The maximum atomic E-state index is 13.1. The molecule has 0 aliphatic carbocycles. The number of carbonyl (C=O) groups is 1. The predicted octanol–water partition coefficient (Wildman–Crippen LogP) is 2.55. The number of carbonyl (C=O) groups excluding carboxylic acids is 1. The van der Waals surface area contributed by atoms with E-state index in [4.69, 9.17) is 4.52 Å². The molecule has 1 aromatic carbocycles. The zero-order valence-electron chi connectivity index (χ0n) is 16.2. The summed E-state index contributed by atoms with van der Waals surface area (Å²) in [6.07, 6.45) is 1.78. The zero-order valence-corrected chi connectivity index (χ0v) is 16.2. The molecule has 5 rings (SSSR count). The Morgan fingerprint density at radius 2 is 2.06 bits per heavy atom. The van der Waals surface area contributed by atoms with E-state index in [1.165, 1.54) is 12.1 Å². The van der Waals surface area contributed by atoms with Gasteiger partial charge in [-0.05, 0) is 49.4 Å². The second-order valence-corrected chi connectivity index (χ2v) is 6.73. The molecule has 4 aromatic heterocycles. The van der Waals surface area contributed by atoms with Gasteiger partial charge in [0.2, 0.25) is 0 Å². The predicted molar refractivity (Wildman–Crippen MR) is 106 cm³/mol. The second kappa shape index (κ2) is 7.44. The molecule has 4 heterocycles. The van der Waals surface area contributed by atoms with Crippen LogP contribution in [0.3, 0.4) is 0 Å². The number of aromatic nitrogens is 7. The molecule has 0 saturated carbocycles. The summed E-state index contributed by atoms with van der Waals surface area (Å²) in [5.74, 6) is 0.691. The first-order chi connectivity index (χ1) is 15.1. The minimum Gasteiger partial charge on any atom is -0.343 e. The van der Waals surface area contributed by atoms with Crippen molar-refractivity contribution in [2.75, 3.05) is 0 Å². The Morgan fingerprint density at radius 1 is 1.23 bits per heavy atom. The van der Waals surface area contributed by atoms with E-state index in [0.29, 0.717) is 40.0 Å². The number of aryl methyl sites for hydroxylation is 1. The van der Waals surface area contributed by atoms with Crippen LogP contribution >= 0.6 is 0 Å². The summed E-state index contributed by atoms with van der Waals surface area (Å²) in [6.45, 7) is 1.87. The maximum Gasteiger partial charge on any atom is 0.269 e. The number of aromatic amines is 1. The van der Waals surface area contributed by atoms with E-state index >= 15 is 0 Å². The first-order valence-corrected chi connectivity index (χ1v) is 9.31. The summed E-state index contributed by atoms with van der Waals surface area (Å²) >= 11 is 0. The van der Waals surface area contributed by atoms with Crippen molar-refractivity contribution in [3.63, 3.8) is 0 Å². The maximum absolute atomic E-state index is 13.1. The van der Waals surface area contributed by atoms with E-state index in [1.54, 1.807) is 47.9 Å². The fourth-order valence-electron chi connectivity index (χ4n) is 3.12. The summed E-state index contributed by atoms with van der Waals surface area (Å²) in [4.78, 5) is 16.8. The van der Waals surface area contributed by atoms with Gasteiger partial charge in [0, 0.05) is 11.8 Å². The third kappa shape index (κ3) is 3.52. The molecule has 0 spiro atoms. The Bertz CT molecular complexity index is 1390. The average Bonchev–Trinajstić information content (AvgIpc) is 3.52. The van der Waals surface area contributed by atoms with Crippen LogP contribution < -0.4 is 5.32 Å². The molecule has 31 heavy (non-hydrogen) atoms. The Morgan fingerprint density at radius 3 is 2.84 bits per heavy atom. The SMILES string of the molecule is Cc1noc(-c2cccn3c(CNC(=O)c4cc(-c5ccc(F)cc5)n[nH]4)nnc23)n1. The quantitative estimate of drug-likeness (QED) is 0.449. The van der Waals surface area contributed by atoms with Crippen molar-refractivity contribution < 1.29 is 13.7 Å². The minimum absolute atomic E-state index is 0.136. The topological polar surface area (TPSA) is 127 Å². The molecule has 11 heteroatoms. The summed E-state index contributed by atoms with van der Waals surface area (Å²) in [5, 5.41) is 21.7. The van der Waals surface area contributed by atoms with Crippen LogP contribution in [0.4, 0.5) is 4.39 Å². The van der Waals surface area contributed by atoms with E-state index in [0.717, 1.165) is 0 Å². The van der Waals surface area contributed by atoms with Crippen LogP contribution in [0.1, 0.15) is 22.1 Å². The largest absolute Gasteiger partial charge is 0.343 e. The lowest BCUT2D eigenvalue weighted by Gasteiger charge is -2.03. The monoisotopic (exact) mass is 418 g/mol. The van der Waals surface area contributed by atoms with Gasteiger partial charge in [-0.15, -0.1) is 10.2 Å². The minimum atomic E-state index is -0.360. The van der Waals surface area contributed by atoms with Crippen molar-refractivity contribution in [2.24, 2.45) is 0 Å². The number of rotatable bonds is 5. The summed E-state index contributed by atoms with van der Waals surface area (Å²) in [5.41, 5.74) is 2.69. The van der Waals surface area contributed by atoms with Crippen molar-refractivity contribution in [2.45, 2.75) is 13.5 Å². The third-order valence-corrected chi connectivity index (χ3v) is 4.63. The molecule has 1 amide bonds. The number of nitrogens with zero attached hydrogens (tertiary/aromatic N) is 6. The Kier molecular flexibility index (Phi) is 4.47. The lowest BCUT2D eigenvalue weighted by Crippen LogP contribution is -2.24. The summed E-state index contributed by atoms with van der Waals surface area (Å²) in [6, 6.07) is 11.1. The highest BCUT2D eigenvalue weighted by Crippen LogP contribution is 2.22. The van der Waals surface area contributed by atoms with Crippen LogP contribution in [-0.2, 0) is 6.54 Å². The van der Waals surface area contributed by atoms with Crippen molar-refractivity contribution >= 4 is 11.6 Å². The van der Waals surface area contributed by atoms with Crippen molar-refractivity contribution in [1.82, 2.24) is 40.3 Å². The molecule has 2 N–H and O–H groups in total. The van der Waals surface area contributed by atoms with Crippen molar-refractivity contribution in [3.05, 3.63) is 71.8 Å². The lowest BCUT2D eigenvalue weighted by atomic mass is 10.1. The average molecular weight is 418 g/mol. The second-order valence-electron chi connectivity index (χ2n) is 6.73. The highest BCUT2D eigenvalue weighted by atomic mass is 19.1. The van der Waals surface area contributed by atoms with Gasteiger partial charge in [-0.3, -0.25) is 14.3 Å². The molecule has 0 radical (unpaired) electrons. The zero-order chi connectivity index (χ0) is 21.4. The molecule has 154 valence electrons. The van der Waals surface area contributed by atoms with E-state index in [-0.39, 0.29) is 24.0 Å². The summed E-state index contributed by atoms with van der Waals surface area (Å²) in [7, 11) is 0. The molecule has 0 unspecified atom stereocenters. The Hall–Kier alpha value is -4.41. The first kappa shape index (κ1) is 18.6. The number of hydrogen-bond donors (Lipinski definition) is 2. The van der Waals surface area contributed by atoms with Gasteiger partial charge in [0.05, 0.1) is 17.8 Å². The number of nitrogens with one attached hydrogen (secondary N) is 2. The van der Waals surface area contributed by atoms with Gasteiger partial charge in [-0.25, -0.2) is 4.39 Å². The lowest BCUT2D eigenvalue weighted by molar-refractivity contribution is 0.0944. The van der Waals surface area contributed by atoms with Gasteiger partial charge < -0.3 is 9.84 Å². The molecular weight excluding hydrogens is 403 g/mol. The van der Waals surface area contributed by atoms with Crippen LogP contribution in [0.2, 0.25) is 0 Å². The first-order valence-electron chi connectivity index (χ1n) is 9.31. The fraction of sp³-hybridized carbons (Fsp3) is 0.100. The molecule has 0 aliphatic heterocycles. The van der Waals surface area contributed by atoms with Gasteiger partial charge >= 0.3 is 0 Å². The number of pyridine rings is 1. The molecular formula is C20H15FN8O2. The van der Waals surface area contributed by atoms with Crippen LogP contribution in [0.15, 0.2) is 53.2 Å². The van der Waals surface area contributed by atoms with Crippen LogP contribution in [0.25, 0.3) is 28.4 Å². The number of H-pyrrole nitrogens is 1. The van der Waals surface area contributed by atoms with Crippen molar-refractivity contribution in [1.29, 1.82) is 0 Å². The van der Waals surface area contributed by atoms with Gasteiger partial charge in [0.1, 0.15) is 11.5 Å². The van der Waals surface area contributed by atoms with Gasteiger partial charge in [0.15, 0.2) is 17.3 Å². The number of benzene rings is 1. The summed E-state index contributed by atoms with van der Waals surface area (Å²) < 4.78 is 20.1. The highest BCUT2D eigenvalue weighted by molar-refractivity contribution is 5.93. The van der Waals surface area contributed by atoms with Crippen LogP contribution in [0, 0.1) is 12.7 Å². The van der Waals surface area contributed by atoms with Gasteiger partial charge in [-0.2, -0.15) is 10.1 Å². The molecule has 0 bridgehead atoms. The molecule has 5 aromatic rings. The van der Waals surface area contributed by atoms with E-state index in [9.17, 15) is 9.18 Å². The number of hydrogen-bond acceptors (Lipinski definition) is 7. The Balaban J connectivity index is 1.33.